The average Bonchev–Trinajstić information content (AvgIpc) is 2.67. The molecule has 0 bridgehead atoms. The number of hydrogen-bond donors (Lipinski definition) is 1. The van der Waals surface area contributed by atoms with Crippen molar-refractivity contribution in [2.45, 2.75) is 6.54 Å². The SMILES string of the molecule is O=C(NCc1ccccc1)c1ccc(-c2ccccc2)cc1[N+](=O)[O-]. The standard InChI is InChI=1S/C20H16N2O3/c23-20(21-14-15-7-3-1-4-8-15)18-12-11-17(13-19(18)22(24)25)16-9-5-2-6-10-16/h1-13H,14H2,(H,21,23). The molecule has 0 aliphatic carbocycles. The van der Waals surface area contributed by atoms with Crippen LogP contribution in [0.15, 0.2) is 78.9 Å². The van der Waals surface area contributed by atoms with Gasteiger partial charge in [0.1, 0.15) is 5.56 Å². The number of carbonyl (C=O) groups is 1. The largest absolute Gasteiger partial charge is 0.348 e. The molecule has 0 aliphatic heterocycles. The van der Waals surface area contributed by atoms with Gasteiger partial charge in [-0.05, 0) is 22.8 Å². The summed E-state index contributed by atoms with van der Waals surface area (Å²) in [5.41, 5.74) is 2.35. The highest BCUT2D eigenvalue weighted by Gasteiger charge is 2.20. The summed E-state index contributed by atoms with van der Waals surface area (Å²) in [6, 6.07) is 23.4. The minimum atomic E-state index is -0.524. The van der Waals surface area contributed by atoms with Gasteiger partial charge in [0.2, 0.25) is 0 Å². The first-order valence-corrected chi connectivity index (χ1v) is 7.81. The van der Waals surface area contributed by atoms with Gasteiger partial charge in [-0.1, -0.05) is 66.7 Å². The van der Waals surface area contributed by atoms with Crippen molar-refractivity contribution in [1.82, 2.24) is 5.32 Å². The maximum absolute atomic E-state index is 12.4. The summed E-state index contributed by atoms with van der Waals surface area (Å²) in [4.78, 5) is 23.3. The lowest BCUT2D eigenvalue weighted by Crippen LogP contribution is -2.23. The molecule has 1 amide bonds. The minimum absolute atomic E-state index is 0.0561. The van der Waals surface area contributed by atoms with Gasteiger partial charge in [-0.15, -0.1) is 0 Å². The van der Waals surface area contributed by atoms with Crippen molar-refractivity contribution in [3.8, 4) is 11.1 Å². The Morgan fingerprint density at radius 1 is 0.880 bits per heavy atom. The molecular weight excluding hydrogens is 316 g/mol. The fourth-order valence-corrected chi connectivity index (χ4v) is 2.56. The Morgan fingerprint density at radius 3 is 2.16 bits per heavy atom. The third-order valence-electron chi connectivity index (χ3n) is 3.84. The Balaban J connectivity index is 1.85. The second-order valence-corrected chi connectivity index (χ2v) is 5.52. The molecule has 25 heavy (non-hydrogen) atoms. The lowest BCUT2D eigenvalue weighted by Gasteiger charge is -2.08. The zero-order valence-corrected chi connectivity index (χ0v) is 13.4. The van der Waals surface area contributed by atoms with E-state index in [2.05, 4.69) is 5.32 Å². The van der Waals surface area contributed by atoms with E-state index in [-0.39, 0.29) is 11.3 Å². The van der Waals surface area contributed by atoms with Crippen molar-refractivity contribution >= 4 is 11.6 Å². The monoisotopic (exact) mass is 332 g/mol. The maximum atomic E-state index is 12.4. The van der Waals surface area contributed by atoms with Gasteiger partial charge in [-0.25, -0.2) is 0 Å². The number of rotatable bonds is 5. The lowest BCUT2D eigenvalue weighted by molar-refractivity contribution is -0.385. The number of nitro groups is 1. The van der Waals surface area contributed by atoms with Gasteiger partial charge < -0.3 is 5.32 Å². The quantitative estimate of drug-likeness (QED) is 0.562. The minimum Gasteiger partial charge on any atom is -0.348 e. The zero-order chi connectivity index (χ0) is 17.6. The highest BCUT2D eigenvalue weighted by molar-refractivity contribution is 5.98. The molecule has 0 saturated heterocycles. The van der Waals surface area contributed by atoms with E-state index in [4.69, 9.17) is 0 Å². The second kappa shape index (κ2) is 7.40. The predicted octanol–water partition coefficient (Wildman–Crippen LogP) is 4.19. The van der Waals surface area contributed by atoms with Gasteiger partial charge >= 0.3 is 0 Å². The molecule has 0 radical (unpaired) electrons. The molecule has 5 heteroatoms. The third kappa shape index (κ3) is 3.90. The highest BCUT2D eigenvalue weighted by Crippen LogP contribution is 2.27. The van der Waals surface area contributed by atoms with Crippen molar-refractivity contribution < 1.29 is 9.72 Å². The van der Waals surface area contributed by atoms with Crippen LogP contribution in [0.4, 0.5) is 5.69 Å². The Labute approximate surface area is 145 Å². The summed E-state index contributed by atoms with van der Waals surface area (Å²) in [7, 11) is 0. The second-order valence-electron chi connectivity index (χ2n) is 5.52. The fraction of sp³-hybridized carbons (Fsp3) is 0.0500. The van der Waals surface area contributed by atoms with Crippen LogP contribution in [-0.2, 0) is 6.54 Å². The van der Waals surface area contributed by atoms with Gasteiger partial charge in [0, 0.05) is 12.6 Å². The number of nitrogens with one attached hydrogen (secondary N) is 1. The molecule has 1 N–H and O–H groups in total. The van der Waals surface area contributed by atoms with Crippen LogP contribution in [0.2, 0.25) is 0 Å². The van der Waals surface area contributed by atoms with Crippen molar-refractivity contribution in [2.24, 2.45) is 0 Å². The van der Waals surface area contributed by atoms with Crippen LogP contribution in [0.5, 0.6) is 0 Å². The summed E-state index contributed by atoms with van der Waals surface area (Å²) < 4.78 is 0. The Hall–Kier alpha value is -3.47. The molecule has 0 spiro atoms. The number of carbonyl (C=O) groups excluding carboxylic acids is 1. The molecule has 3 aromatic carbocycles. The molecular formula is C20H16N2O3. The maximum Gasteiger partial charge on any atom is 0.282 e. The van der Waals surface area contributed by atoms with E-state index in [1.807, 2.05) is 60.7 Å². The van der Waals surface area contributed by atoms with Crippen molar-refractivity contribution in [3.63, 3.8) is 0 Å². The summed E-state index contributed by atoms with van der Waals surface area (Å²) in [5, 5.41) is 14.1. The number of nitro benzene ring substituents is 1. The van der Waals surface area contributed by atoms with Crippen molar-refractivity contribution in [1.29, 1.82) is 0 Å². The Morgan fingerprint density at radius 2 is 1.52 bits per heavy atom. The molecule has 0 unspecified atom stereocenters. The molecule has 0 heterocycles. The van der Waals surface area contributed by atoms with Crippen molar-refractivity contribution in [3.05, 3.63) is 100 Å². The van der Waals surface area contributed by atoms with E-state index >= 15 is 0 Å². The Kier molecular flexibility index (Phi) is 4.85. The molecule has 0 atom stereocenters. The van der Waals surface area contributed by atoms with Crippen LogP contribution < -0.4 is 5.32 Å². The number of nitrogens with zero attached hydrogens (tertiary/aromatic N) is 1. The van der Waals surface area contributed by atoms with E-state index in [9.17, 15) is 14.9 Å². The Bertz CT molecular complexity index is 893. The van der Waals surface area contributed by atoms with Crippen LogP contribution >= 0.6 is 0 Å². The van der Waals surface area contributed by atoms with Crippen molar-refractivity contribution in [2.75, 3.05) is 0 Å². The molecule has 124 valence electrons. The van der Waals surface area contributed by atoms with Gasteiger partial charge in [0.05, 0.1) is 4.92 Å². The molecule has 3 rings (SSSR count). The van der Waals surface area contributed by atoms with Crippen LogP contribution in [0.1, 0.15) is 15.9 Å². The van der Waals surface area contributed by atoms with Crippen LogP contribution in [0.25, 0.3) is 11.1 Å². The number of amides is 1. The van der Waals surface area contributed by atoms with E-state index in [0.29, 0.717) is 12.1 Å². The smallest absolute Gasteiger partial charge is 0.282 e. The summed E-state index contributed by atoms with van der Waals surface area (Å²) in [6.07, 6.45) is 0. The topological polar surface area (TPSA) is 72.2 Å². The molecule has 0 aromatic heterocycles. The summed E-state index contributed by atoms with van der Waals surface area (Å²) in [6.45, 7) is 0.317. The van der Waals surface area contributed by atoms with Gasteiger partial charge in [-0.2, -0.15) is 0 Å². The van der Waals surface area contributed by atoms with Gasteiger partial charge in [0.25, 0.3) is 11.6 Å². The highest BCUT2D eigenvalue weighted by atomic mass is 16.6. The first-order valence-electron chi connectivity index (χ1n) is 7.81. The van der Waals surface area contributed by atoms with Crippen LogP contribution in [0.3, 0.4) is 0 Å². The van der Waals surface area contributed by atoms with Crippen LogP contribution in [-0.4, -0.2) is 10.8 Å². The predicted molar refractivity (Wildman–Crippen MR) is 96.1 cm³/mol. The first kappa shape index (κ1) is 16.4. The van der Waals surface area contributed by atoms with E-state index < -0.39 is 10.8 Å². The fourth-order valence-electron chi connectivity index (χ4n) is 2.56. The molecule has 3 aromatic rings. The third-order valence-corrected chi connectivity index (χ3v) is 3.84. The average molecular weight is 332 g/mol. The van der Waals surface area contributed by atoms with Crippen LogP contribution in [0, 0.1) is 10.1 Å². The van der Waals surface area contributed by atoms with Gasteiger partial charge in [0.15, 0.2) is 0 Å². The normalized spacial score (nSPS) is 10.2. The van der Waals surface area contributed by atoms with E-state index in [0.717, 1.165) is 11.1 Å². The number of hydrogen-bond acceptors (Lipinski definition) is 3. The summed E-state index contributed by atoms with van der Waals surface area (Å²) >= 11 is 0. The lowest BCUT2D eigenvalue weighted by atomic mass is 10.0. The zero-order valence-electron chi connectivity index (χ0n) is 13.4. The summed E-state index contributed by atoms with van der Waals surface area (Å²) in [5.74, 6) is -0.463. The molecule has 0 aliphatic rings. The van der Waals surface area contributed by atoms with E-state index in [1.165, 1.54) is 12.1 Å². The van der Waals surface area contributed by atoms with E-state index in [1.54, 1.807) is 6.07 Å². The van der Waals surface area contributed by atoms with Gasteiger partial charge in [-0.3, -0.25) is 14.9 Å². The molecule has 0 saturated carbocycles. The first-order chi connectivity index (χ1) is 12.1. The molecule has 0 fully saturated rings. The molecule has 5 nitrogen and oxygen atoms in total. The number of benzene rings is 3.